The van der Waals surface area contributed by atoms with Crippen LogP contribution in [0.3, 0.4) is 0 Å². The Morgan fingerprint density at radius 3 is 2.50 bits per heavy atom. The van der Waals surface area contributed by atoms with Gasteiger partial charge in [0.1, 0.15) is 11.9 Å². The van der Waals surface area contributed by atoms with E-state index in [4.69, 9.17) is 0 Å². The van der Waals surface area contributed by atoms with Crippen LogP contribution >= 0.6 is 0 Å². The second kappa shape index (κ2) is 9.68. The molecule has 0 bridgehead atoms. The van der Waals surface area contributed by atoms with Crippen molar-refractivity contribution in [1.82, 2.24) is 15.2 Å². The normalized spacial score (nSPS) is 11.8. The molecule has 1 unspecified atom stereocenters. The summed E-state index contributed by atoms with van der Waals surface area (Å²) >= 11 is 0. The van der Waals surface area contributed by atoms with Crippen molar-refractivity contribution in [3.63, 3.8) is 0 Å². The van der Waals surface area contributed by atoms with Crippen LogP contribution in [-0.4, -0.2) is 41.8 Å². The number of nitrogens with zero attached hydrogens (tertiary/aromatic N) is 2. The predicted octanol–water partition coefficient (Wildman–Crippen LogP) is 2.53. The fourth-order valence-corrected chi connectivity index (χ4v) is 2.64. The molecule has 1 atom stereocenters. The molecule has 2 N–H and O–H groups in total. The van der Waals surface area contributed by atoms with E-state index in [2.05, 4.69) is 15.6 Å². The van der Waals surface area contributed by atoms with Gasteiger partial charge in [0.15, 0.2) is 0 Å². The minimum absolute atomic E-state index is 0.109. The van der Waals surface area contributed by atoms with Gasteiger partial charge in [0.05, 0.1) is 0 Å². The van der Waals surface area contributed by atoms with Gasteiger partial charge >= 0.3 is 0 Å². The van der Waals surface area contributed by atoms with E-state index in [1.165, 1.54) is 0 Å². The molecule has 2 amide bonds. The second-order valence-corrected chi connectivity index (χ2v) is 6.14. The second-order valence-electron chi connectivity index (χ2n) is 6.14. The average Bonchev–Trinajstić information content (AvgIpc) is 2.62. The predicted molar refractivity (Wildman–Crippen MR) is 103 cm³/mol. The Morgan fingerprint density at radius 2 is 1.85 bits per heavy atom. The molecule has 1 aromatic carbocycles. The van der Waals surface area contributed by atoms with Crippen molar-refractivity contribution in [3.05, 3.63) is 59.8 Å². The van der Waals surface area contributed by atoms with E-state index in [9.17, 15) is 9.59 Å². The first-order valence-electron chi connectivity index (χ1n) is 8.77. The Morgan fingerprint density at radius 1 is 1.12 bits per heavy atom. The molecule has 0 aliphatic rings. The molecule has 138 valence electrons. The molecule has 1 heterocycles. The van der Waals surface area contributed by atoms with Gasteiger partial charge in [0.25, 0.3) is 0 Å². The van der Waals surface area contributed by atoms with E-state index in [-0.39, 0.29) is 30.8 Å². The summed E-state index contributed by atoms with van der Waals surface area (Å²) < 4.78 is 0. The maximum absolute atomic E-state index is 12.6. The fraction of sp³-hybridized carbons (Fsp3) is 0.350. The van der Waals surface area contributed by atoms with E-state index >= 15 is 0 Å². The number of anilines is 1. The van der Waals surface area contributed by atoms with Crippen molar-refractivity contribution in [2.75, 3.05) is 25.5 Å². The van der Waals surface area contributed by atoms with Crippen LogP contribution in [0.5, 0.6) is 0 Å². The van der Waals surface area contributed by atoms with E-state index in [1.807, 2.05) is 68.3 Å². The van der Waals surface area contributed by atoms with Crippen LogP contribution in [0, 0.1) is 6.92 Å². The lowest BCUT2D eigenvalue weighted by Crippen LogP contribution is -2.39. The Balaban J connectivity index is 1.88. The SMILES string of the molecule is CCN(C)C(C(=O)NCCC(=O)Nc1cccc(C)n1)c1ccccc1. The summed E-state index contributed by atoms with van der Waals surface area (Å²) in [4.78, 5) is 30.9. The van der Waals surface area contributed by atoms with Crippen LogP contribution in [0.4, 0.5) is 5.82 Å². The summed E-state index contributed by atoms with van der Waals surface area (Å²) in [7, 11) is 1.91. The third-order valence-corrected chi connectivity index (χ3v) is 4.11. The lowest BCUT2D eigenvalue weighted by molar-refractivity contribution is -0.126. The van der Waals surface area contributed by atoms with Crippen LogP contribution < -0.4 is 10.6 Å². The lowest BCUT2D eigenvalue weighted by Gasteiger charge is -2.26. The Bertz CT molecular complexity index is 734. The summed E-state index contributed by atoms with van der Waals surface area (Å²) in [6, 6.07) is 14.7. The molecule has 6 heteroatoms. The number of nitrogens with one attached hydrogen (secondary N) is 2. The van der Waals surface area contributed by atoms with Crippen molar-refractivity contribution in [2.45, 2.75) is 26.3 Å². The smallest absolute Gasteiger partial charge is 0.241 e. The van der Waals surface area contributed by atoms with Gasteiger partial charge in [-0.2, -0.15) is 0 Å². The van der Waals surface area contributed by atoms with Crippen molar-refractivity contribution >= 4 is 17.6 Å². The highest BCUT2D eigenvalue weighted by atomic mass is 16.2. The molecule has 2 aromatic rings. The monoisotopic (exact) mass is 354 g/mol. The van der Waals surface area contributed by atoms with Gasteiger partial charge in [-0.25, -0.2) is 4.98 Å². The average molecular weight is 354 g/mol. The third-order valence-electron chi connectivity index (χ3n) is 4.11. The molecule has 0 radical (unpaired) electrons. The van der Waals surface area contributed by atoms with Gasteiger partial charge in [0, 0.05) is 18.7 Å². The third kappa shape index (κ3) is 5.67. The molecule has 1 aromatic heterocycles. The number of pyridine rings is 1. The number of aryl methyl sites for hydroxylation is 1. The van der Waals surface area contributed by atoms with Gasteiger partial charge in [-0.05, 0) is 38.2 Å². The van der Waals surface area contributed by atoms with E-state index in [0.717, 1.165) is 17.8 Å². The quantitative estimate of drug-likeness (QED) is 0.764. The molecule has 6 nitrogen and oxygen atoms in total. The Labute approximate surface area is 154 Å². The molecule has 0 saturated heterocycles. The zero-order chi connectivity index (χ0) is 18.9. The lowest BCUT2D eigenvalue weighted by atomic mass is 10.0. The molecule has 0 spiro atoms. The number of rotatable bonds is 8. The van der Waals surface area contributed by atoms with Crippen LogP contribution in [0.2, 0.25) is 0 Å². The van der Waals surface area contributed by atoms with Crippen LogP contribution in [-0.2, 0) is 9.59 Å². The molecule has 0 aliphatic carbocycles. The van der Waals surface area contributed by atoms with Crippen molar-refractivity contribution in [3.8, 4) is 0 Å². The number of benzene rings is 1. The Hall–Kier alpha value is -2.73. The molecule has 0 fully saturated rings. The van der Waals surface area contributed by atoms with E-state index < -0.39 is 0 Å². The molecular weight excluding hydrogens is 328 g/mol. The molecule has 2 rings (SSSR count). The van der Waals surface area contributed by atoms with Crippen LogP contribution in [0.25, 0.3) is 0 Å². The van der Waals surface area contributed by atoms with Crippen molar-refractivity contribution < 1.29 is 9.59 Å². The zero-order valence-electron chi connectivity index (χ0n) is 15.5. The summed E-state index contributed by atoms with van der Waals surface area (Å²) in [6.45, 7) is 4.89. The highest BCUT2D eigenvalue weighted by molar-refractivity contribution is 5.90. The minimum atomic E-state index is -0.372. The fourth-order valence-electron chi connectivity index (χ4n) is 2.64. The van der Waals surface area contributed by atoms with E-state index in [1.54, 1.807) is 6.07 Å². The first-order valence-corrected chi connectivity index (χ1v) is 8.77. The molecule has 0 saturated carbocycles. The summed E-state index contributed by atoms with van der Waals surface area (Å²) in [5.41, 5.74) is 1.77. The maximum Gasteiger partial charge on any atom is 0.241 e. The number of hydrogen-bond acceptors (Lipinski definition) is 4. The number of carbonyl (C=O) groups excluding carboxylic acids is 2. The number of carbonyl (C=O) groups is 2. The minimum Gasteiger partial charge on any atom is -0.354 e. The molecule has 0 aliphatic heterocycles. The first-order chi connectivity index (χ1) is 12.5. The van der Waals surface area contributed by atoms with E-state index in [0.29, 0.717) is 5.82 Å². The number of amides is 2. The van der Waals surface area contributed by atoms with Gasteiger partial charge < -0.3 is 10.6 Å². The van der Waals surface area contributed by atoms with Gasteiger partial charge in [-0.3, -0.25) is 14.5 Å². The van der Waals surface area contributed by atoms with Crippen molar-refractivity contribution in [2.24, 2.45) is 0 Å². The van der Waals surface area contributed by atoms with Gasteiger partial charge in [-0.15, -0.1) is 0 Å². The maximum atomic E-state index is 12.6. The number of aromatic nitrogens is 1. The van der Waals surface area contributed by atoms with Gasteiger partial charge in [0.2, 0.25) is 11.8 Å². The summed E-state index contributed by atoms with van der Waals surface area (Å²) in [5, 5.41) is 5.60. The van der Waals surface area contributed by atoms with Crippen LogP contribution in [0.1, 0.15) is 30.6 Å². The highest BCUT2D eigenvalue weighted by Crippen LogP contribution is 2.19. The van der Waals surface area contributed by atoms with Crippen molar-refractivity contribution in [1.29, 1.82) is 0 Å². The largest absolute Gasteiger partial charge is 0.354 e. The Kier molecular flexibility index (Phi) is 7.29. The zero-order valence-corrected chi connectivity index (χ0v) is 15.5. The summed E-state index contributed by atoms with van der Waals surface area (Å²) in [6.07, 6.45) is 0.193. The molecular formula is C20H26N4O2. The highest BCUT2D eigenvalue weighted by Gasteiger charge is 2.23. The van der Waals surface area contributed by atoms with Crippen LogP contribution in [0.15, 0.2) is 48.5 Å². The standard InChI is InChI=1S/C20H26N4O2/c1-4-24(3)19(16-10-6-5-7-11-16)20(26)21-14-13-18(25)23-17-12-8-9-15(2)22-17/h5-12,19H,4,13-14H2,1-3H3,(H,21,26)(H,22,23,25). The van der Waals surface area contributed by atoms with Gasteiger partial charge in [-0.1, -0.05) is 43.3 Å². The number of hydrogen-bond donors (Lipinski definition) is 2. The first kappa shape index (κ1) is 19.6. The topological polar surface area (TPSA) is 74.3 Å². The summed E-state index contributed by atoms with van der Waals surface area (Å²) in [5.74, 6) is 0.236. The molecule has 26 heavy (non-hydrogen) atoms. The number of likely N-dealkylation sites (N-methyl/N-ethyl adjacent to an activating group) is 1.